The van der Waals surface area contributed by atoms with Crippen molar-refractivity contribution < 1.29 is 4.74 Å². The summed E-state index contributed by atoms with van der Waals surface area (Å²) in [7, 11) is 1.67. The van der Waals surface area contributed by atoms with Crippen molar-refractivity contribution in [1.82, 2.24) is 5.32 Å². The van der Waals surface area contributed by atoms with Crippen LogP contribution in [0.2, 0.25) is 0 Å². The number of hydrogen-bond acceptors (Lipinski definition) is 3. The number of methoxy groups -OCH3 is 1. The molecule has 1 aromatic carbocycles. The SMILES string of the molecule is COc1ccc(N2C=CNC2)cc1. The highest BCUT2D eigenvalue weighted by Crippen LogP contribution is 2.19. The first-order valence-electron chi connectivity index (χ1n) is 4.21. The quantitative estimate of drug-likeness (QED) is 0.739. The van der Waals surface area contributed by atoms with Gasteiger partial charge in [-0.15, -0.1) is 0 Å². The third kappa shape index (κ3) is 1.59. The van der Waals surface area contributed by atoms with Gasteiger partial charge in [-0.1, -0.05) is 0 Å². The summed E-state index contributed by atoms with van der Waals surface area (Å²) in [5, 5.41) is 3.11. The Morgan fingerprint density at radius 1 is 1.31 bits per heavy atom. The highest BCUT2D eigenvalue weighted by Gasteiger charge is 2.05. The van der Waals surface area contributed by atoms with Crippen molar-refractivity contribution in [3.8, 4) is 5.75 Å². The summed E-state index contributed by atoms with van der Waals surface area (Å²) in [6.45, 7) is 0.840. The van der Waals surface area contributed by atoms with E-state index in [1.54, 1.807) is 7.11 Å². The van der Waals surface area contributed by atoms with Gasteiger partial charge in [0.25, 0.3) is 0 Å². The zero-order valence-electron chi connectivity index (χ0n) is 7.53. The summed E-state index contributed by atoms with van der Waals surface area (Å²) in [4.78, 5) is 2.12. The van der Waals surface area contributed by atoms with Crippen LogP contribution in [0.15, 0.2) is 36.7 Å². The fourth-order valence-corrected chi connectivity index (χ4v) is 1.30. The lowest BCUT2D eigenvalue weighted by atomic mass is 10.3. The average molecular weight is 176 g/mol. The molecule has 0 saturated carbocycles. The van der Waals surface area contributed by atoms with Crippen molar-refractivity contribution >= 4 is 5.69 Å². The van der Waals surface area contributed by atoms with E-state index in [1.165, 1.54) is 5.69 Å². The maximum atomic E-state index is 5.08. The minimum atomic E-state index is 0.840. The first-order chi connectivity index (χ1) is 6.40. The lowest BCUT2D eigenvalue weighted by Crippen LogP contribution is -2.19. The topological polar surface area (TPSA) is 24.5 Å². The van der Waals surface area contributed by atoms with Crippen molar-refractivity contribution in [2.24, 2.45) is 0 Å². The predicted molar refractivity (Wildman–Crippen MR) is 52.6 cm³/mol. The molecule has 1 heterocycles. The van der Waals surface area contributed by atoms with E-state index in [-0.39, 0.29) is 0 Å². The van der Waals surface area contributed by atoms with E-state index in [1.807, 2.05) is 36.7 Å². The summed E-state index contributed by atoms with van der Waals surface area (Å²) in [6, 6.07) is 8.00. The molecule has 1 aliphatic rings. The maximum Gasteiger partial charge on any atom is 0.119 e. The monoisotopic (exact) mass is 176 g/mol. The molecule has 0 radical (unpaired) electrons. The molecule has 0 fully saturated rings. The molecule has 0 aliphatic carbocycles. The van der Waals surface area contributed by atoms with Gasteiger partial charge in [-0.05, 0) is 24.3 Å². The summed E-state index contributed by atoms with van der Waals surface area (Å²) in [5.41, 5.74) is 1.17. The van der Waals surface area contributed by atoms with Crippen LogP contribution in [0, 0.1) is 0 Å². The van der Waals surface area contributed by atoms with Crippen LogP contribution < -0.4 is 15.0 Å². The zero-order valence-corrected chi connectivity index (χ0v) is 7.53. The third-order valence-electron chi connectivity index (χ3n) is 2.04. The summed E-state index contributed by atoms with van der Waals surface area (Å²) >= 11 is 0. The van der Waals surface area contributed by atoms with Gasteiger partial charge in [-0.3, -0.25) is 0 Å². The highest BCUT2D eigenvalue weighted by atomic mass is 16.5. The fourth-order valence-electron chi connectivity index (χ4n) is 1.30. The molecular weight excluding hydrogens is 164 g/mol. The smallest absolute Gasteiger partial charge is 0.119 e. The predicted octanol–water partition coefficient (Wildman–Crippen LogP) is 1.53. The van der Waals surface area contributed by atoms with Crippen molar-refractivity contribution in [2.75, 3.05) is 18.7 Å². The number of hydrogen-bond donors (Lipinski definition) is 1. The Bertz CT molecular complexity index is 305. The standard InChI is InChI=1S/C10H12N2O/c1-13-10-4-2-9(3-5-10)12-7-6-11-8-12/h2-7,11H,8H2,1H3. The number of nitrogens with one attached hydrogen (secondary N) is 1. The van der Waals surface area contributed by atoms with Crippen molar-refractivity contribution in [1.29, 1.82) is 0 Å². The summed E-state index contributed by atoms with van der Waals surface area (Å²) in [6.07, 6.45) is 3.95. The van der Waals surface area contributed by atoms with E-state index >= 15 is 0 Å². The summed E-state index contributed by atoms with van der Waals surface area (Å²) < 4.78 is 5.08. The molecule has 0 spiro atoms. The molecule has 0 aromatic heterocycles. The van der Waals surface area contributed by atoms with E-state index < -0.39 is 0 Å². The van der Waals surface area contributed by atoms with Crippen LogP contribution in [0.1, 0.15) is 0 Å². The Labute approximate surface area is 77.6 Å². The minimum absolute atomic E-state index is 0.840. The Morgan fingerprint density at radius 2 is 2.08 bits per heavy atom. The van der Waals surface area contributed by atoms with Crippen molar-refractivity contribution in [3.05, 3.63) is 36.7 Å². The molecule has 13 heavy (non-hydrogen) atoms. The Hall–Kier alpha value is -1.64. The molecule has 1 aliphatic heterocycles. The van der Waals surface area contributed by atoms with Crippen LogP contribution in [0.3, 0.4) is 0 Å². The minimum Gasteiger partial charge on any atom is -0.497 e. The van der Waals surface area contributed by atoms with Gasteiger partial charge >= 0.3 is 0 Å². The van der Waals surface area contributed by atoms with Crippen LogP contribution in [0.25, 0.3) is 0 Å². The van der Waals surface area contributed by atoms with Gasteiger partial charge in [0.2, 0.25) is 0 Å². The van der Waals surface area contributed by atoms with Crippen LogP contribution in [-0.4, -0.2) is 13.8 Å². The van der Waals surface area contributed by atoms with Gasteiger partial charge in [-0.2, -0.15) is 0 Å². The number of ether oxygens (including phenoxy) is 1. The van der Waals surface area contributed by atoms with Crippen molar-refractivity contribution in [3.63, 3.8) is 0 Å². The molecule has 0 amide bonds. The highest BCUT2D eigenvalue weighted by molar-refractivity contribution is 5.52. The van der Waals surface area contributed by atoms with Gasteiger partial charge in [0.15, 0.2) is 0 Å². The second kappa shape index (κ2) is 3.39. The largest absolute Gasteiger partial charge is 0.497 e. The van der Waals surface area contributed by atoms with Crippen LogP contribution in [-0.2, 0) is 0 Å². The molecule has 1 N–H and O–H groups in total. The van der Waals surface area contributed by atoms with Gasteiger partial charge < -0.3 is 15.0 Å². The number of anilines is 1. The van der Waals surface area contributed by atoms with E-state index in [0.717, 1.165) is 12.4 Å². The molecular formula is C10H12N2O. The van der Waals surface area contributed by atoms with Crippen molar-refractivity contribution in [2.45, 2.75) is 0 Å². The normalized spacial score (nSPS) is 14.4. The van der Waals surface area contributed by atoms with Gasteiger partial charge in [0.1, 0.15) is 5.75 Å². The summed E-state index contributed by atoms with van der Waals surface area (Å²) in [5.74, 6) is 0.889. The molecule has 1 aromatic rings. The van der Waals surface area contributed by atoms with Gasteiger partial charge in [-0.25, -0.2) is 0 Å². The Kier molecular flexibility index (Phi) is 2.08. The van der Waals surface area contributed by atoms with E-state index in [4.69, 9.17) is 4.74 Å². The first kappa shape index (κ1) is 7.98. The van der Waals surface area contributed by atoms with E-state index in [9.17, 15) is 0 Å². The van der Waals surface area contributed by atoms with Crippen LogP contribution in [0.5, 0.6) is 5.75 Å². The fraction of sp³-hybridized carbons (Fsp3) is 0.200. The zero-order chi connectivity index (χ0) is 9.10. The maximum absolute atomic E-state index is 5.08. The number of nitrogens with zero attached hydrogens (tertiary/aromatic N) is 1. The van der Waals surface area contributed by atoms with Crippen LogP contribution in [0.4, 0.5) is 5.69 Å². The van der Waals surface area contributed by atoms with E-state index in [2.05, 4.69) is 10.2 Å². The van der Waals surface area contributed by atoms with Gasteiger partial charge in [0.05, 0.1) is 13.8 Å². The molecule has 3 nitrogen and oxygen atoms in total. The molecule has 0 saturated heterocycles. The van der Waals surface area contributed by atoms with Gasteiger partial charge in [0, 0.05) is 18.1 Å². The average Bonchev–Trinajstić information content (AvgIpc) is 2.71. The Morgan fingerprint density at radius 3 is 2.62 bits per heavy atom. The molecule has 0 atom stereocenters. The second-order valence-corrected chi connectivity index (χ2v) is 2.85. The second-order valence-electron chi connectivity index (χ2n) is 2.85. The lowest BCUT2D eigenvalue weighted by Gasteiger charge is -2.14. The third-order valence-corrected chi connectivity index (χ3v) is 2.04. The van der Waals surface area contributed by atoms with Crippen LogP contribution >= 0.6 is 0 Å². The molecule has 0 bridgehead atoms. The molecule has 0 unspecified atom stereocenters. The number of rotatable bonds is 2. The molecule has 68 valence electrons. The Balaban J connectivity index is 2.17. The van der Waals surface area contributed by atoms with E-state index in [0.29, 0.717) is 0 Å². The first-order valence-corrected chi connectivity index (χ1v) is 4.21. The lowest BCUT2D eigenvalue weighted by molar-refractivity contribution is 0.415. The molecule has 3 heteroatoms. The number of benzene rings is 1. The molecule has 2 rings (SSSR count).